The summed E-state index contributed by atoms with van der Waals surface area (Å²) in [6.07, 6.45) is 8.37. The minimum Gasteiger partial charge on any atom is -0.0839 e. The first-order valence-corrected chi connectivity index (χ1v) is 4.61. The summed E-state index contributed by atoms with van der Waals surface area (Å²) >= 11 is 0. The van der Waals surface area contributed by atoms with Crippen molar-refractivity contribution in [1.29, 1.82) is 0 Å². The number of hydrogen-bond donors (Lipinski definition) is 0. The molecule has 62 valence electrons. The minimum absolute atomic E-state index is 0.698. The molecule has 1 aliphatic rings. The molecule has 0 amide bonds. The molecule has 1 aliphatic carbocycles. The standard InChI is InChI=1S/C11H18/c1-4-6-11-9(2)7-5-8-10(11)3/h5,7,9H,4,6,8H2,1-3H3. The number of hydrogen-bond acceptors (Lipinski definition) is 0. The Hall–Kier alpha value is -0.520. The van der Waals surface area contributed by atoms with Crippen LogP contribution in [0.15, 0.2) is 23.3 Å². The van der Waals surface area contributed by atoms with Crippen molar-refractivity contribution < 1.29 is 0 Å². The van der Waals surface area contributed by atoms with Crippen LogP contribution in [0.2, 0.25) is 0 Å². The molecule has 0 radical (unpaired) electrons. The van der Waals surface area contributed by atoms with Crippen LogP contribution in [-0.4, -0.2) is 0 Å². The normalized spacial score (nSPS) is 24.5. The Morgan fingerprint density at radius 3 is 2.82 bits per heavy atom. The summed E-state index contributed by atoms with van der Waals surface area (Å²) in [5.74, 6) is 0.698. The SMILES string of the molecule is CCCC1=C(C)CC=CC1C. The fraction of sp³-hybridized carbons (Fsp3) is 0.636. The Labute approximate surface area is 70.0 Å². The van der Waals surface area contributed by atoms with Crippen LogP contribution in [0.25, 0.3) is 0 Å². The summed E-state index contributed by atoms with van der Waals surface area (Å²) in [6, 6.07) is 0. The molecule has 0 heteroatoms. The van der Waals surface area contributed by atoms with E-state index in [4.69, 9.17) is 0 Å². The van der Waals surface area contributed by atoms with Crippen LogP contribution in [0.3, 0.4) is 0 Å². The van der Waals surface area contributed by atoms with Crippen molar-refractivity contribution in [1.82, 2.24) is 0 Å². The summed E-state index contributed by atoms with van der Waals surface area (Å²) in [4.78, 5) is 0. The van der Waals surface area contributed by atoms with Crippen molar-refractivity contribution in [2.75, 3.05) is 0 Å². The Bertz CT molecular complexity index is 184. The zero-order valence-corrected chi connectivity index (χ0v) is 7.85. The number of rotatable bonds is 2. The Morgan fingerprint density at radius 2 is 2.27 bits per heavy atom. The fourth-order valence-corrected chi connectivity index (χ4v) is 1.80. The van der Waals surface area contributed by atoms with Crippen molar-refractivity contribution in [2.45, 2.75) is 40.0 Å². The lowest BCUT2D eigenvalue weighted by Crippen LogP contribution is -2.02. The molecule has 0 aliphatic heterocycles. The molecule has 0 aromatic heterocycles. The lowest BCUT2D eigenvalue weighted by atomic mass is 9.87. The van der Waals surface area contributed by atoms with Crippen LogP contribution >= 0.6 is 0 Å². The lowest BCUT2D eigenvalue weighted by molar-refractivity contribution is 0.725. The van der Waals surface area contributed by atoms with Gasteiger partial charge in [-0.1, -0.05) is 43.6 Å². The predicted octanol–water partition coefficient (Wildman–Crippen LogP) is 3.70. The molecule has 0 N–H and O–H groups in total. The summed E-state index contributed by atoms with van der Waals surface area (Å²) in [5.41, 5.74) is 3.27. The van der Waals surface area contributed by atoms with Crippen LogP contribution < -0.4 is 0 Å². The maximum atomic E-state index is 2.33. The molecule has 0 heterocycles. The molecule has 0 spiro atoms. The lowest BCUT2D eigenvalue weighted by Gasteiger charge is -2.19. The molecule has 0 saturated carbocycles. The third kappa shape index (κ3) is 1.95. The first-order chi connectivity index (χ1) is 5.25. The van der Waals surface area contributed by atoms with Crippen molar-refractivity contribution in [3.63, 3.8) is 0 Å². The Kier molecular flexibility index (Phi) is 2.92. The molecule has 1 rings (SSSR count). The van der Waals surface area contributed by atoms with E-state index in [0.29, 0.717) is 5.92 Å². The maximum absolute atomic E-state index is 2.33. The van der Waals surface area contributed by atoms with Gasteiger partial charge in [0.1, 0.15) is 0 Å². The summed E-state index contributed by atoms with van der Waals surface area (Å²) in [6.45, 7) is 6.82. The van der Waals surface area contributed by atoms with Gasteiger partial charge in [0, 0.05) is 0 Å². The fourth-order valence-electron chi connectivity index (χ4n) is 1.80. The maximum Gasteiger partial charge on any atom is -0.00489 e. The van der Waals surface area contributed by atoms with E-state index >= 15 is 0 Å². The average Bonchev–Trinajstić information content (AvgIpc) is 1.97. The summed E-state index contributed by atoms with van der Waals surface area (Å²) < 4.78 is 0. The second kappa shape index (κ2) is 3.75. The Balaban J connectivity index is 2.69. The van der Waals surface area contributed by atoms with Gasteiger partial charge in [-0.25, -0.2) is 0 Å². The summed E-state index contributed by atoms with van der Waals surface area (Å²) in [5, 5.41) is 0. The highest BCUT2D eigenvalue weighted by molar-refractivity contribution is 5.25. The van der Waals surface area contributed by atoms with E-state index in [1.165, 1.54) is 19.3 Å². The molecule has 11 heavy (non-hydrogen) atoms. The Morgan fingerprint density at radius 1 is 1.55 bits per heavy atom. The second-order valence-electron chi connectivity index (χ2n) is 3.48. The van der Waals surface area contributed by atoms with Gasteiger partial charge in [0.25, 0.3) is 0 Å². The van der Waals surface area contributed by atoms with Gasteiger partial charge >= 0.3 is 0 Å². The minimum atomic E-state index is 0.698. The van der Waals surface area contributed by atoms with Gasteiger partial charge in [0.2, 0.25) is 0 Å². The van der Waals surface area contributed by atoms with Gasteiger partial charge in [0.05, 0.1) is 0 Å². The first kappa shape index (κ1) is 8.58. The zero-order chi connectivity index (χ0) is 8.27. The van der Waals surface area contributed by atoms with Crippen LogP contribution in [0, 0.1) is 5.92 Å². The highest BCUT2D eigenvalue weighted by atomic mass is 14.2. The average molecular weight is 150 g/mol. The molecular formula is C11H18. The highest BCUT2D eigenvalue weighted by Crippen LogP contribution is 2.27. The van der Waals surface area contributed by atoms with E-state index in [1.54, 1.807) is 11.1 Å². The van der Waals surface area contributed by atoms with Gasteiger partial charge in [-0.3, -0.25) is 0 Å². The van der Waals surface area contributed by atoms with E-state index in [0.717, 1.165) is 0 Å². The third-order valence-electron chi connectivity index (χ3n) is 2.47. The van der Waals surface area contributed by atoms with Gasteiger partial charge in [-0.2, -0.15) is 0 Å². The molecule has 0 aromatic carbocycles. The van der Waals surface area contributed by atoms with Crippen molar-refractivity contribution in [2.24, 2.45) is 5.92 Å². The van der Waals surface area contributed by atoms with Crippen LogP contribution in [0.4, 0.5) is 0 Å². The van der Waals surface area contributed by atoms with E-state index in [9.17, 15) is 0 Å². The third-order valence-corrected chi connectivity index (χ3v) is 2.47. The summed E-state index contributed by atoms with van der Waals surface area (Å²) in [7, 11) is 0. The van der Waals surface area contributed by atoms with Crippen molar-refractivity contribution in [3.05, 3.63) is 23.3 Å². The molecule has 1 atom stereocenters. The molecule has 0 bridgehead atoms. The zero-order valence-electron chi connectivity index (χ0n) is 7.85. The van der Waals surface area contributed by atoms with Gasteiger partial charge in [-0.05, 0) is 25.7 Å². The van der Waals surface area contributed by atoms with Crippen LogP contribution in [-0.2, 0) is 0 Å². The van der Waals surface area contributed by atoms with Crippen molar-refractivity contribution >= 4 is 0 Å². The molecular weight excluding hydrogens is 132 g/mol. The molecule has 0 aromatic rings. The first-order valence-electron chi connectivity index (χ1n) is 4.61. The highest BCUT2D eigenvalue weighted by Gasteiger charge is 2.10. The molecule has 0 fully saturated rings. The van der Waals surface area contributed by atoms with Gasteiger partial charge in [-0.15, -0.1) is 0 Å². The predicted molar refractivity (Wildman–Crippen MR) is 50.5 cm³/mol. The second-order valence-corrected chi connectivity index (χ2v) is 3.48. The molecule has 1 unspecified atom stereocenters. The van der Waals surface area contributed by atoms with E-state index in [1.807, 2.05) is 0 Å². The van der Waals surface area contributed by atoms with Gasteiger partial charge < -0.3 is 0 Å². The smallest absolute Gasteiger partial charge is 0.00489 e. The molecule has 0 saturated heterocycles. The van der Waals surface area contributed by atoms with Crippen LogP contribution in [0.1, 0.15) is 40.0 Å². The van der Waals surface area contributed by atoms with Crippen molar-refractivity contribution in [3.8, 4) is 0 Å². The van der Waals surface area contributed by atoms with E-state index in [-0.39, 0.29) is 0 Å². The van der Waals surface area contributed by atoms with Gasteiger partial charge in [0.15, 0.2) is 0 Å². The monoisotopic (exact) mass is 150 g/mol. The number of allylic oxidation sites excluding steroid dienone is 4. The largest absolute Gasteiger partial charge is 0.0839 e. The van der Waals surface area contributed by atoms with E-state index in [2.05, 4.69) is 32.9 Å². The molecule has 0 nitrogen and oxygen atoms in total. The quantitative estimate of drug-likeness (QED) is 0.526. The topological polar surface area (TPSA) is 0 Å². The van der Waals surface area contributed by atoms with Crippen LogP contribution in [0.5, 0.6) is 0 Å². The van der Waals surface area contributed by atoms with E-state index < -0.39 is 0 Å².